The Bertz CT molecular complexity index is 1540. The van der Waals surface area contributed by atoms with Crippen molar-refractivity contribution in [2.24, 2.45) is 0 Å². The van der Waals surface area contributed by atoms with Gasteiger partial charge in [0.05, 0.1) is 23.5 Å². The van der Waals surface area contributed by atoms with E-state index >= 15 is 8.78 Å². The second-order valence-electron chi connectivity index (χ2n) is 12.4. The number of nitrogens with zero attached hydrogens (tertiary/aromatic N) is 3. The van der Waals surface area contributed by atoms with Crippen LogP contribution in [0.4, 0.5) is 25.0 Å². The minimum atomic E-state index is -0.598. The van der Waals surface area contributed by atoms with Crippen LogP contribution in [0.3, 0.4) is 0 Å². The lowest BCUT2D eigenvalue weighted by Crippen LogP contribution is -2.57. The lowest BCUT2D eigenvalue weighted by atomic mass is 9.86. The number of nitrogens with one attached hydrogen (secondary N) is 1. The molecule has 43 heavy (non-hydrogen) atoms. The second kappa shape index (κ2) is 11.9. The molecule has 3 aromatic rings. The Hall–Kier alpha value is -3.47. The summed E-state index contributed by atoms with van der Waals surface area (Å²) in [5.41, 5.74) is 7.78. The summed E-state index contributed by atoms with van der Waals surface area (Å²) < 4.78 is 37.0. The molecule has 3 atom stereocenters. The maximum atomic E-state index is 15.9. The zero-order chi connectivity index (χ0) is 31.2. The summed E-state index contributed by atoms with van der Waals surface area (Å²) in [6, 6.07) is 4.42. The Labute approximate surface area is 255 Å². The van der Waals surface area contributed by atoms with Crippen LogP contribution in [0.25, 0.3) is 10.2 Å². The highest BCUT2D eigenvalue weighted by Crippen LogP contribution is 2.39. The van der Waals surface area contributed by atoms with Gasteiger partial charge in [-0.15, -0.1) is 11.3 Å². The number of ether oxygens (including phenoxy) is 1. The molecule has 1 aromatic carbocycles. The number of benzene rings is 1. The maximum absolute atomic E-state index is 15.9. The summed E-state index contributed by atoms with van der Waals surface area (Å²) in [6.45, 7) is 12.2. The maximum Gasteiger partial charge on any atom is 0.410 e. The van der Waals surface area contributed by atoms with Gasteiger partial charge in [0.15, 0.2) is 0 Å². The van der Waals surface area contributed by atoms with Gasteiger partial charge in [0, 0.05) is 36.3 Å². The smallest absolute Gasteiger partial charge is 0.410 e. The number of nitrogen functional groups attached to an aromatic ring is 1. The second-order valence-corrected chi connectivity index (χ2v) is 13.4. The minimum absolute atomic E-state index is 0.109. The number of carbonyl (C=O) groups excluding carboxylic acids is 2. The Kier molecular flexibility index (Phi) is 8.57. The average Bonchev–Trinajstić information content (AvgIpc) is 3.42. The summed E-state index contributed by atoms with van der Waals surface area (Å²) in [7, 11) is 0. The van der Waals surface area contributed by atoms with E-state index in [1.54, 1.807) is 4.90 Å². The number of thiophene rings is 1. The number of amides is 2. The fourth-order valence-corrected chi connectivity index (χ4v) is 7.47. The number of pyridine rings is 1. The number of carbonyl (C=O) groups is 2. The van der Waals surface area contributed by atoms with E-state index in [2.05, 4.69) is 10.3 Å². The molecule has 2 aliphatic heterocycles. The van der Waals surface area contributed by atoms with Gasteiger partial charge < -0.3 is 20.7 Å². The molecular weight excluding hydrogens is 572 g/mol. The molecule has 2 aromatic heterocycles. The Morgan fingerprint density at radius 2 is 1.77 bits per heavy atom. The largest absolute Gasteiger partial charge is 0.444 e. The van der Waals surface area contributed by atoms with Crippen LogP contribution in [0.1, 0.15) is 80.4 Å². The number of nitrogens with two attached hydrogens (primary N) is 1. The van der Waals surface area contributed by atoms with Crippen molar-refractivity contribution in [3.63, 3.8) is 0 Å². The lowest BCUT2D eigenvalue weighted by Gasteiger charge is -2.42. The number of aryl methyl sites for hydroxylation is 1. The average molecular weight is 614 g/mol. The fourth-order valence-electron chi connectivity index (χ4n) is 6.43. The van der Waals surface area contributed by atoms with Crippen molar-refractivity contribution in [3.8, 4) is 0 Å². The van der Waals surface area contributed by atoms with Gasteiger partial charge in [-0.2, -0.15) is 0 Å². The molecule has 1 aliphatic carbocycles. The van der Waals surface area contributed by atoms with Crippen LogP contribution in [0.2, 0.25) is 0 Å². The Balaban J connectivity index is 0.00000180. The van der Waals surface area contributed by atoms with Gasteiger partial charge in [0.1, 0.15) is 26.9 Å². The standard InChI is InChI=1S/C30H35F2N5O3S.C2H6/c1-15-5-9-20-25(33)26(41-28(20)34-15)27(38)35-16-6-10-19-21(11-16)22(31)12-23(24(19)32)36-13-17-7-8-18(14-36)37(17)29(39)40-30(2,3)4;1-2/h5,9,12,16-18H,6-8,10-11,13-14,33H2,1-4H3,(H,35,38);1-2H3. The van der Waals surface area contributed by atoms with Gasteiger partial charge >= 0.3 is 6.09 Å². The highest BCUT2D eigenvalue weighted by molar-refractivity contribution is 7.21. The van der Waals surface area contributed by atoms with E-state index in [-0.39, 0.29) is 42.2 Å². The van der Waals surface area contributed by atoms with Crippen LogP contribution in [0, 0.1) is 18.6 Å². The third-order valence-corrected chi connectivity index (χ3v) is 9.41. The SMILES string of the molecule is CC.Cc1ccc2c(N)c(C(=O)NC3CCc4c(F)c(N5CC6CCC(C5)N6C(=O)OC(C)(C)C)cc(F)c4C3)sc2n1. The molecule has 0 radical (unpaired) electrons. The summed E-state index contributed by atoms with van der Waals surface area (Å²) in [4.78, 5) is 35.1. The van der Waals surface area contributed by atoms with Crippen LogP contribution in [-0.4, -0.2) is 58.7 Å². The minimum Gasteiger partial charge on any atom is -0.444 e. The number of aromatic nitrogens is 1. The molecule has 2 bridgehead atoms. The molecule has 232 valence electrons. The van der Waals surface area contributed by atoms with Crippen molar-refractivity contribution in [3.05, 3.63) is 51.5 Å². The van der Waals surface area contributed by atoms with Crippen molar-refractivity contribution in [2.45, 2.75) is 97.4 Å². The molecule has 6 rings (SSSR count). The monoisotopic (exact) mass is 613 g/mol. The first-order valence-electron chi connectivity index (χ1n) is 15.1. The molecule has 3 N–H and O–H groups in total. The van der Waals surface area contributed by atoms with E-state index in [9.17, 15) is 9.59 Å². The number of anilines is 2. The van der Waals surface area contributed by atoms with Crippen LogP contribution in [0.5, 0.6) is 0 Å². The van der Waals surface area contributed by atoms with Crippen molar-refractivity contribution < 1.29 is 23.1 Å². The van der Waals surface area contributed by atoms with Crippen molar-refractivity contribution in [1.82, 2.24) is 15.2 Å². The van der Waals surface area contributed by atoms with Crippen molar-refractivity contribution in [2.75, 3.05) is 23.7 Å². The van der Waals surface area contributed by atoms with E-state index in [1.807, 2.05) is 58.6 Å². The summed E-state index contributed by atoms with van der Waals surface area (Å²) in [5.74, 6) is -1.21. The molecule has 0 saturated carbocycles. The molecule has 2 saturated heterocycles. The summed E-state index contributed by atoms with van der Waals surface area (Å²) in [6.07, 6.45) is 2.25. The number of fused-ring (bicyclic) bond motifs is 4. The first-order valence-corrected chi connectivity index (χ1v) is 15.9. The van der Waals surface area contributed by atoms with Crippen LogP contribution in [-0.2, 0) is 17.6 Å². The molecule has 3 aliphatic rings. The molecule has 0 spiro atoms. The van der Waals surface area contributed by atoms with Crippen LogP contribution >= 0.6 is 11.3 Å². The zero-order valence-electron chi connectivity index (χ0n) is 25.7. The number of rotatable bonds is 3. The normalized spacial score (nSPS) is 21.3. The van der Waals surface area contributed by atoms with Gasteiger partial charge in [-0.1, -0.05) is 13.8 Å². The van der Waals surface area contributed by atoms with E-state index in [4.69, 9.17) is 10.5 Å². The van der Waals surface area contributed by atoms with Gasteiger partial charge in [0.2, 0.25) is 0 Å². The summed E-state index contributed by atoms with van der Waals surface area (Å²) >= 11 is 1.23. The Morgan fingerprint density at radius 3 is 2.42 bits per heavy atom. The van der Waals surface area contributed by atoms with Crippen LogP contribution < -0.4 is 16.0 Å². The number of hydrogen-bond donors (Lipinski definition) is 2. The first-order chi connectivity index (χ1) is 20.4. The number of halogens is 2. The van der Waals surface area contributed by atoms with E-state index in [1.165, 1.54) is 17.4 Å². The molecule has 3 unspecified atom stereocenters. The molecule has 11 heteroatoms. The van der Waals surface area contributed by atoms with Gasteiger partial charge in [-0.05, 0) is 83.1 Å². The molecule has 8 nitrogen and oxygen atoms in total. The quantitative estimate of drug-likeness (QED) is 0.356. The Morgan fingerprint density at radius 1 is 1.09 bits per heavy atom. The third kappa shape index (κ3) is 6.01. The third-order valence-electron chi connectivity index (χ3n) is 8.30. The highest BCUT2D eigenvalue weighted by Gasteiger charge is 2.45. The molecule has 4 heterocycles. The highest BCUT2D eigenvalue weighted by atomic mass is 32.1. The summed E-state index contributed by atoms with van der Waals surface area (Å²) in [5, 5.41) is 3.72. The predicted octanol–water partition coefficient (Wildman–Crippen LogP) is 6.37. The van der Waals surface area contributed by atoms with Gasteiger partial charge in [-0.3, -0.25) is 9.69 Å². The first kappa shape index (κ1) is 31.0. The fraction of sp³-hybridized carbons (Fsp3) is 0.531. The van der Waals surface area contributed by atoms with Gasteiger partial charge in [0.25, 0.3) is 5.91 Å². The van der Waals surface area contributed by atoms with Crippen molar-refractivity contribution in [1.29, 1.82) is 0 Å². The number of hydrogen-bond acceptors (Lipinski definition) is 7. The van der Waals surface area contributed by atoms with Gasteiger partial charge in [-0.25, -0.2) is 18.6 Å². The topological polar surface area (TPSA) is 101 Å². The molecule has 2 amide bonds. The predicted molar refractivity (Wildman–Crippen MR) is 167 cm³/mol. The molecular formula is C32H41F2N5O3S. The molecule has 2 fully saturated rings. The van der Waals surface area contributed by atoms with E-state index in [0.29, 0.717) is 52.5 Å². The van der Waals surface area contributed by atoms with Crippen molar-refractivity contribution >= 4 is 44.9 Å². The van der Waals surface area contributed by atoms with E-state index in [0.717, 1.165) is 23.9 Å². The lowest BCUT2D eigenvalue weighted by molar-refractivity contribution is 0.0122. The van der Waals surface area contributed by atoms with Crippen LogP contribution in [0.15, 0.2) is 18.2 Å². The zero-order valence-corrected chi connectivity index (χ0v) is 26.5. The number of piperazine rings is 1. The van der Waals surface area contributed by atoms with E-state index < -0.39 is 17.2 Å².